The molecule has 0 radical (unpaired) electrons. The van der Waals surface area contributed by atoms with Gasteiger partial charge in [-0.1, -0.05) is 18.0 Å². The molecule has 3 rings (SSSR count). The Kier molecular flexibility index (Phi) is 3.59. The molecule has 4 nitrogen and oxygen atoms in total. The number of anilines is 1. The summed E-state index contributed by atoms with van der Waals surface area (Å²) < 4.78 is 0. The molecule has 2 saturated carbocycles. The number of hydrogen-bond donors (Lipinski definition) is 1. The van der Waals surface area contributed by atoms with Crippen molar-refractivity contribution in [3.05, 3.63) is 32.8 Å². The van der Waals surface area contributed by atoms with Gasteiger partial charge in [-0.05, 0) is 55.6 Å². The highest BCUT2D eigenvalue weighted by molar-refractivity contribution is 6.33. The van der Waals surface area contributed by atoms with Crippen LogP contribution in [0.1, 0.15) is 31.2 Å². The van der Waals surface area contributed by atoms with Gasteiger partial charge in [-0.15, -0.1) is 0 Å². The van der Waals surface area contributed by atoms with Crippen LogP contribution >= 0.6 is 11.6 Å². The smallest absolute Gasteiger partial charge is 0.288 e. The van der Waals surface area contributed by atoms with Gasteiger partial charge in [0, 0.05) is 18.3 Å². The van der Waals surface area contributed by atoms with Gasteiger partial charge >= 0.3 is 0 Å². The Morgan fingerprint density at radius 3 is 2.80 bits per heavy atom. The first-order valence-corrected chi connectivity index (χ1v) is 7.61. The van der Waals surface area contributed by atoms with Crippen molar-refractivity contribution in [2.24, 2.45) is 17.8 Å². The third kappa shape index (κ3) is 2.49. The Bertz CT molecular complexity index is 547. The van der Waals surface area contributed by atoms with Gasteiger partial charge in [-0.3, -0.25) is 10.1 Å². The largest absolute Gasteiger partial charge is 0.384 e. The van der Waals surface area contributed by atoms with Crippen LogP contribution in [0.4, 0.5) is 11.4 Å². The van der Waals surface area contributed by atoms with E-state index in [-0.39, 0.29) is 10.7 Å². The SMILES string of the molecule is Cc1cc([N+](=O)[O-])c(Cl)cc1NCC1CC2CCC1C2. The molecule has 0 aromatic heterocycles. The van der Waals surface area contributed by atoms with Crippen molar-refractivity contribution in [3.8, 4) is 0 Å². The highest BCUT2D eigenvalue weighted by Gasteiger charge is 2.39. The number of halogens is 1. The van der Waals surface area contributed by atoms with Gasteiger partial charge in [0.2, 0.25) is 0 Å². The molecule has 1 aromatic rings. The summed E-state index contributed by atoms with van der Waals surface area (Å²) in [6.45, 7) is 2.84. The number of nitro groups is 1. The van der Waals surface area contributed by atoms with E-state index < -0.39 is 4.92 Å². The van der Waals surface area contributed by atoms with Crippen LogP contribution in [0, 0.1) is 34.8 Å². The Morgan fingerprint density at radius 2 is 2.20 bits per heavy atom. The predicted molar refractivity (Wildman–Crippen MR) is 80.3 cm³/mol. The molecule has 1 aromatic carbocycles. The van der Waals surface area contributed by atoms with Crippen LogP contribution in [0.2, 0.25) is 5.02 Å². The molecule has 0 heterocycles. The Hall–Kier alpha value is -1.29. The second kappa shape index (κ2) is 5.24. The van der Waals surface area contributed by atoms with E-state index in [0.29, 0.717) is 0 Å². The highest BCUT2D eigenvalue weighted by Crippen LogP contribution is 2.48. The number of hydrogen-bond acceptors (Lipinski definition) is 3. The maximum atomic E-state index is 10.8. The molecule has 3 unspecified atom stereocenters. The third-order valence-electron chi connectivity index (χ3n) is 4.93. The first kappa shape index (κ1) is 13.7. The van der Waals surface area contributed by atoms with Gasteiger partial charge in [0.1, 0.15) is 5.02 Å². The number of aryl methyl sites for hydroxylation is 1. The molecular weight excluding hydrogens is 276 g/mol. The third-order valence-corrected chi connectivity index (χ3v) is 5.23. The van der Waals surface area contributed by atoms with Gasteiger partial charge in [0.15, 0.2) is 0 Å². The van der Waals surface area contributed by atoms with E-state index in [0.717, 1.165) is 35.5 Å². The predicted octanol–water partition coefficient (Wildman–Crippen LogP) is 4.40. The lowest BCUT2D eigenvalue weighted by Crippen LogP contribution is -2.20. The van der Waals surface area contributed by atoms with Crippen LogP contribution in [0.5, 0.6) is 0 Å². The van der Waals surface area contributed by atoms with Crippen molar-refractivity contribution in [2.45, 2.75) is 32.6 Å². The molecule has 2 bridgehead atoms. The highest BCUT2D eigenvalue weighted by atomic mass is 35.5. The van der Waals surface area contributed by atoms with Crippen molar-refractivity contribution in [3.63, 3.8) is 0 Å². The normalized spacial score (nSPS) is 27.8. The Labute approximate surface area is 123 Å². The molecule has 0 aliphatic heterocycles. The van der Waals surface area contributed by atoms with Crippen molar-refractivity contribution in [1.82, 2.24) is 0 Å². The summed E-state index contributed by atoms with van der Waals surface area (Å²) in [5.41, 5.74) is 1.78. The average Bonchev–Trinajstić information content (AvgIpc) is 3.01. The molecule has 1 N–H and O–H groups in total. The Balaban J connectivity index is 1.68. The lowest BCUT2D eigenvalue weighted by atomic mass is 9.89. The number of benzene rings is 1. The minimum Gasteiger partial charge on any atom is -0.384 e. The minimum absolute atomic E-state index is 0.0189. The summed E-state index contributed by atoms with van der Waals surface area (Å²) in [5.74, 6) is 2.57. The van der Waals surface area contributed by atoms with Crippen molar-refractivity contribution in [1.29, 1.82) is 0 Å². The summed E-state index contributed by atoms with van der Waals surface area (Å²) in [7, 11) is 0. The number of nitrogens with one attached hydrogen (secondary N) is 1. The summed E-state index contributed by atoms with van der Waals surface area (Å²) in [5, 5.41) is 14.5. The van der Waals surface area contributed by atoms with Gasteiger partial charge in [0.05, 0.1) is 4.92 Å². The minimum atomic E-state index is -0.435. The first-order chi connectivity index (χ1) is 9.54. The van der Waals surface area contributed by atoms with Crippen molar-refractivity contribution in [2.75, 3.05) is 11.9 Å². The van der Waals surface area contributed by atoms with E-state index in [9.17, 15) is 10.1 Å². The molecule has 5 heteroatoms. The van der Waals surface area contributed by atoms with E-state index in [1.54, 1.807) is 12.1 Å². The van der Waals surface area contributed by atoms with Crippen LogP contribution in [0.3, 0.4) is 0 Å². The molecule has 20 heavy (non-hydrogen) atoms. The van der Waals surface area contributed by atoms with Crippen LogP contribution in [0.25, 0.3) is 0 Å². The van der Waals surface area contributed by atoms with Gasteiger partial charge < -0.3 is 5.32 Å². The van der Waals surface area contributed by atoms with E-state index in [4.69, 9.17) is 11.6 Å². The quantitative estimate of drug-likeness (QED) is 0.661. The van der Waals surface area contributed by atoms with Crippen LogP contribution < -0.4 is 5.32 Å². The monoisotopic (exact) mass is 294 g/mol. The zero-order valence-electron chi connectivity index (χ0n) is 11.6. The lowest BCUT2D eigenvalue weighted by molar-refractivity contribution is -0.384. The lowest BCUT2D eigenvalue weighted by Gasteiger charge is -2.23. The number of nitrogens with zero attached hydrogens (tertiary/aromatic N) is 1. The van der Waals surface area contributed by atoms with E-state index in [1.807, 2.05) is 6.92 Å². The van der Waals surface area contributed by atoms with Gasteiger partial charge in [-0.2, -0.15) is 0 Å². The number of rotatable bonds is 4. The standard InChI is InChI=1S/C15H19ClN2O2/c1-9-4-15(18(19)20)13(16)7-14(9)17-8-12-6-10-2-3-11(12)5-10/h4,7,10-12,17H,2-3,5-6,8H2,1H3. The van der Waals surface area contributed by atoms with Crippen LogP contribution in [0.15, 0.2) is 12.1 Å². The van der Waals surface area contributed by atoms with E-state index in [1.165, 1.54) is 25.7 Å². The molecule has 108 valence electrons. The Morgan fingerprint density at radius 1 is 1.40 bits per heavy atom. The number of fused-ring (bicyclic) bond motifs is 2. The molecular formula is C15H19ClN2O2. The molecule has 0 amide bonds. The maximum Gasteiger partial charge on any atom is 0.288 e. The first-order valence-electron chi connectivity index (χ1n) is 7.23. The molecule has 0 spiro atoms. The molecule has 3 atom stereocenters. The van der Waals surface area contributed by atoms with Gasteiger partial charge in [0.25, 0.3) is 5.69 Å². The summed E-state index contributed by atoms with van der Waals surface area (Å²) in [6.07, 6.45) is 5.50. The van der Waals surface area contributed by atoms with Crippen LogP contribution in [-0.4, -0.2) is 11.5 Å². The topological polar surface area (TPSA) is 55.2 Å². The molecule has 2 aliphatic carbocycles. The second-order valence-electron chi connectivity index (χ2n) is 6.19. The summed E-state index contributed by atoms with van der Waals surface area (Å²) >= 11 is 5.97. The van der Waals surface area contributed by atoms with E-state index in [2.05, 4.69) is 5.32 Å². The zero-order chi connectivity index (χ0) is 14.3. The average molecular weight is 295 g/mol. The fourth-order valence-corrected chi connectivity index (χ4v) is 4.10. The van der Waals surface area contributed by atoms with Crippen molar-refractivity contribution < 1.29 is 4.92 Å². The van der Waals surface area contributed by atoms with Crippen molar-refractivity contribution >= 4 is 23.0 Å². The molecule has 2 aliphatic rings. The summed E-state index contributed by atoms with van der Waals surface area (Å²) in [4.78, 5) is 10.4. The zero-order valence-corrected chi connectivity index (χ0v) is 12.3. The fraction of sp³-hybridized carbons (Fsp3) is 0.600. The second-order valence-corrected chi connectivity index (χ2v) is 6.60. The van der Waals surface area contributed by atoms with Crippen LogP contribution in [-0.2, 0) is 0 Å². The van der Waals surface area contributed by atoms with E-state index >= 15 is 0 Å². The molecule has 0 saturated heterocycles. The molecule has 2 fully saturated rings. The maximum absolute atomic E-state index is 10.8. The number of nitro benzene ring substituents is 1. The summed E-state index contributed by atoms with van der Waals surface area (Å²) in [6, 6.07) is 3.23. The van der Waals surface area contributed by atoms with Gasteiger partial charge in [-0.25, -0.2) is 0 Å². The fourth-order valence-electron chi connectivity index (χ4n) is 3.86.